The number of nitrogens with one attached hydrogen (secondary N) is 1. The molecule has 3 N–H and O–H groups in total. The molecule has 4 aliphatic rings. The van der Waals surface area contributed by atoms with Crippen molar-refractivity contribution in [3.05, 3.63) is 58.5 Å². The fourth-order valence-corrected chi connectivity index (χ4v) is 5.87. The van der Waals surface area contributed by atoms with Gasteiger partial charge in [0.15, 0.2) is 0 Å². The van der Waals surface area contributed by atoms with E-state index in [4.69, 9.17) is 15.2 Å². The highest BCUT2D eigenvalue weighted by Crippen LogP contribution is 2.32. The van der Waals surface area contributed by atoms with Gasteiger partial charge in [0.1, 0.15) is 5.76 Å². The largest absolute Gasteiger partial charge is 0.488 e. The predicted octanol–water partition coefficient (Wildman–Crippen LogP) is 4.50. The Balaban J connectivity index is 1.44. The van der Waals surface area contributed by atoms with E-state index >= 15 is 0 Å². The average molecular weight is 537 g/mol. The van der Waals surface area contributed by atoms with Crippen LogP contribution in [0.25, 0.3) is 0 Å². The van der Waals surface area contributed by atoms with Crippen LogP contribution in [0.5, 0.6) is 0 Å². The summed E-state index contributed by atoms with van der Waals surface area (Å²) >= 11 is 0. The third kappa shape index (κ3) is 7.42. The zero-order chi connectivity index (χ0) is 27.8. The highest BCUT2D eigenvalue weighted by molar-refractivity contribution is 6.03. The van der Waals surface area contributed by atoms with Gasteiger partial charge in [0.25, 0.3) is 0 Å². The van der Waals surface area contributed by atoms with Crippen LogP contribution < -0.4 is 11.1 Å². The zero-order valence-corrected chi connectivity index (χ0v) is 24.4. The van der Waals surface area contributed by atoms with Crippen LogP contribution in [0.15, 0.2) is 68.5 Å². The standard InChI is InChI=1S/C31H48N6O2/c1-6-22(2)30(27-21-36(5)14-11-28(27)33-4)35-24-7-9-26(10-8-24)39-29-20-25(37-15-17-38-18-16-37)19-23(3)31(29)34-13-12-32/h12-13,19-20,23-24,26,35H,4,6-11,14-18,21,32H2,1-3,5H3/b13-12-,30-22-,34-31?/t23-,24?,26?/m0/s1. The molecule has 2 fully saturated rings. The summed E-state index contributed by atoms with van der Waals surface area (Å²) in [6, 6.07) is 0.420. The Morgan fingerprint density at radius 3 is 2.64 bits per heavy atom. The van der Waals surface area contributed by atoms with Gasteiger partial charge in [0.2, 0.25) is 0 Å². The molecule has 0 aromatic heterocycles. The molecule has 39 heavy (non-hydrogen) atoms. The van der Waals surface area contributed by atoms with Gasteiger partial charge in [-0.25, -0.2) is 0 Å². The van der Waals surface area contributed by atoms with Crippen molar-refractivity contribution in [3.63, 3.8) is 0 Å². The predicted molar refractivity (Wildman–Crippen MR) is 160 cm³/mol. The van der Waals surface area contributed by atoms with Crippen LogP contribution in [0.2, 0.25) is 0 Å². The molecule has 0 spiro atoms. The highest BCUT2D eigenvalue weighted by atomic mass is 16.5. The van der Waals surface area contributed by atoms with E-state index in [-0.39, 0.29) is 12.0 Å². The van der Waals surface area contributed by atoms with Crippen molar-refractivity contribution in [1.82, 2.24) is 15.1 Å². The van der Waals surface area contributed by atoms with Gasteiger partial charge in [-0.1, -0.05) is 25.5 Å². The number of hydrogen-bond acceptors (Lipinski definition) is 8. The Hall–Kier alpha value is -2.84. The van der Waals surface area contributed by atoms with Gasteiger partial charge >= 0.3 is 0 Å². The molecule has 1 saturated heterocycles. The lowest BCUT2D eigenvalue weighted by atomic mass is 9.90. The molecule has 2 heterocycles. The first-order valence-corrected chi connectivity index (χ1v) is 14.6. The molecule has 1 saturated carbocycles. The first-order valence-electron chi connectivity index (χ1n) is 14.6. The number of likely N-dealkylation sites (N-methyl/N-ethyl adjacent to an activating group) is 1. The summed E-state index contributed by atoms with van der Waals surface area (Å²) in [7, 11) is 2.18. The molecule has 0 unspecified atom stereocenters. The summed E-state index contributed by atoms with van der Waals surface area (Å²) in [5.41, 5.74) is 12.9. The third-order valence-electron chi connectivity index (χ3n) is 8.33. The van der Waals surface area contributed by atoms with Crippen molar-refractivity contribution in [3.8, 4) is 0 Å². The molecule has 2 aliphatic heterocycles. The second-order valence-electron chi connectivity index (χ2n) is 11.2. The van der Waals surface area contributed by atoms with Gasteiger partial charge in [0, 0.05) is 85.7 Å². The minimum Gasteiger partial charge on any atom is -0.488 e. The van der Waals surface area contributed by atoms with Gasteiger partial charge in [-0.05, 0) is 52.8 Å². The second-order valence-corrected chi connectivity index (χ2v) is 11.2. The Labute approximate surface area is 235 Å². The Morgan fingerprint density at radius 1 is 1.23 bits per heavy atom. The molecular formula is C31H48N6O2. The van der Waals surface area contributed by atoms with Gasteiger partial charge in [-0.3, -0.25) is 9.98 Å². The summed E-state index contributed by atoms with van der Waals surface area (Å²) in [5, 5.41) is 3.94. The minimum atomic E-state index is 0.149. The summed E-state index contributed by atoms with van der Waals surface area (Å²) in [4.78, 5) is 13.8. The molecule has 2 aliphatic carbocycles. The lowest BCUT2D eigenvalue weighted by Crippen LogP contribution is -2.39. The summed E-state index contributed by atoms with van der Waals surface area (Å²) in [6.45, 7) is 15.8. The van der Waals surface area contributed by atoms with E-state index in [1.54, 1.807) is 6.20 Å². The number of nitrogens with zero attached hydrogens (tertiary/aromatic N) is 4. The molecule has 8 heteroatoms. The molecule has 0 radical (unpaired) electrons. The molecule has 4 rings (SSSR count). The van der Waals surface area contributed by atoms with Crippen LogP contribution in [-0.4, -0.2) is 80.8 Å². The quantitative estimate of drug-likeness (QED) is 0.422. The number of rotatable bonds is 9. The topological polar surface area (TPSA) is 87.7 Å². The molecular weight excluding hydrogens is 488 g/mol. The van der Waals surface area contributed by atoms with Crippen LogP contribution in [0.4, 0.5) is 0 Å². The van der Waals surface area contributed by atoms with E-state index in [2.05, 4.69) is 71.8 Å². The maximum Gasteiger partial charge on any atom is 0.143 e. The average Bonchev–Trinajstić information content (AvgIpc) is 2.96. The van der Waals surface area contributed by atoms with Crippen molar-refractivity contribution in [2.75, 3.05) is 46.4 Å². The normalized spacial score (nSPS) is 28.8. The maximum atomic E-state index is 6.70. The number of aliphatic imine (C=N–C) groups is 2. The fourth-order valence-electron chi connectivity index (χ4n) is 5.87. The number of allylic oxidation sites excluding steroid dienone is 4. The lowest BCUT2D eigenvalue weighted by Gasteiger charge is -2.36. The van der Waals surface area contributed by atoms with Crippen LogP contribution >= 0.6 is 0 Å². The third-order valence-corrected chi connectivity index (χ3v) is 8.33. The van der Waals surface area contributed by atoms with Crippen LogP contribution in [0.3, 0.4) is 0 Å². The smallest absolute Gasteiger partial charge is 0.143 e. The van der Waals surface area contributed by atoms with E-state index in [0.29, 0.717) is 6.04 Å². The Morgan fingerprint density at radius 2 is 1.97 bits per heavy atom. The highest BCUT2D eigenvalue weighted by Gasteiger charge is 2.30. The summed E-state index contributed by atoms with van der Waals surface area (Å²) < 4.78 is 12.3. The number of morpholine rings is 1. The SMILES string of the molecule is C=NC1=C(/C(NC2CCC(OC3=CC(N4CCOCC4)=C[C@H](C)C3=N/C=C\N)CC2)=C(\C)CC)CN(C)CC1. The van der Waals surface area contributed by atoms with Crippen molar-refractivity contribution in [1.29, 1.82) is 0 Å². The molecule has 0 aromatic rings. The van der Waals surface area contributed by atoms with E-state index in [0.717, 1.165) is 95.1 Å². The number of ether oxygens (including phenoxy) is 2. The second kappa shape index (κ2) is 14.0. The van der Waals surface area contributed by atoms with Crippen LogP contribution in [0, 0.1) is 5.92 Å². The Kier molecular flexibility index (Phi) is 10.5. The zero-order valence-electron chi connectivity index (χ0n) is 24.4. The van der Waals surface area contributed by atoms with Gasteiger partial charge in [-0.15, -0.1) is 0 Å². The lowest BCUT2D eigenvalue weighted by molar-refractivity contribution is 0.0537. The van der Waals surface area contributed by atoms with Crippen molar-refractivity contribution in [2.45, 2.75) is 71.4 Å². The first kappa shape index (κ1) is 29.2. The van der Waals surface area contributed by atoms with E-state index in [1.807, 2.05) is 0 Å². The van der Waals surface area contributed by atoms with Gasteiger partial charge in [-0.2, -0.15) is 0 Å². The number of hydrogen-bond donors (Lipinski definition) is 2. The van der Waals surface area contributed by atoms with Crippen molar-refractivity contribution in [2.24, 2.45) is 21.6 Å². The van der Waals surface area contributed by atoms with Crippen LogP contribution in [0.1, 0.15) is 59.3 Å². The summed E-state index contributed by atoms with van der Waals surface area (Å²) in [5.74, 6) is 1.02. The van der Waals surface area contributed by atoms with E-state index < -0.39 is 0 Å². The fraction of sp³-hybridized carbons (Fsp3) is 0.613. The summed E-state index contributed by atoms with van der Waals surface area (Å²) in [6.07, 6.45) is 13.9. The van der Waals surface area contributed by atoms with Crippen molar-refractivity contribution < 1.29 is 9.47 Å². The monoisotopic (exact) mass is 536 g/mol. The van der Waals surface area contributed by atoms with Crippen molar-refractivity contribution >= 4 is 12.4 Å². The first-order chi connectivity index (χ1) is 18.9. The molecule has 214 valence electrons. The molecule has 0 bridgehead atoms. The molecule has 8 nitrogen and oxygen atoms in total. The molecule has 1 atom stereocenters. The molecule has 0 aromatic carbocycles. The Bertz CT molecular complexity index is 1050. The maximum absolute atomic E-state index is 6.70. The van der Waals surface area contributed by atoms with Gasteiger partial charge in [0.05, 0.1) is 25.0 Å². The van der Waals surface area contributed by atoms with Crippen LogP contribution in [-0.2, 0) is 9.47 Å². The number of nitrogens with two attached hydrogens (primary N) is 1. The minimum absolute atomic E-state index is 0.149. The van der Waals surface area contributed by atoms with Gasteiger partial charge < -0.3 is 30.3 Å². The molecule has 0 amide bonds. The van der Waals surface area contributed by atoms with E-state index in [1.165, 1.54) is 28.7 Å². The van der Waals surface area contributed by atoms with E-state index in [9.17, 15) is 0 Å².